The minimum atomic E-state index is -2.64. The number of nitrogens with zero attached hydrogens (tertiary/aromatic N) is 2. The number of fused-ring (bicyclic) bond motifs is 1. The van der Waals surface area contributed by atoms with E-state index < -0.39 is 24.3 Å². The van der Waals surface area contributed by atoms with Crippen molar-refractivity contribution < 1.29 is 27.7 Å². The molecule has 0 saturated carbocycles. The maximum Gasteiger partial charge on any atom is 0.332 e. The Morgan fingerprint density at radius 1 is 1.03 bits per heavy atom. The first kappa shape index (κ1) is 23.7. The summed E-state index contributed by atoms with van der Waals surface area (Å²) in [6.07, 6.45) is -1.41. The molecular weight excluding hydrogens is 450 g/mol. The molecule has 10 heteroatoms. The average molecular weight is 476 g/mol. The van der Waals surface area contributed by atoms with E-state index in [1.165, 1.54) is 26.4 Å². The topological polar surface area (TPSA) is 80.9 Å². The first-order valence-corrected chi connectivity index (χ1v) is 10.9. The van der Waals surface area contributed by atoms with Gasteiger partial charge in [0, 0.05) is 19.3 Å². The number of rotatable bonds is 8. The zero-order valence-corrected chi connectivity index (χ0v) is 19.0. The molecule has 0 N–H and O–H groups in total. The highest BCUT2D eigenvalue weighted by Crippen LogP contribution is 2.28. The molecule has 1 aromatic heterocycles. The molecule has 1 saturated heterocycles. The minimum absolute atomic E-state index is 0.000695. The standard InChI is InChI=1S/C24H26F2N2O6/c1-31-20-6-3-15(11-21(20)32-2)13-27-23(29)18-12-17(34-14-22(25)26)4-5-19(18)28(24(27)30)16-7-9-33-10-8-16/h3-6,11-12,16,22H,7-10,13-14H2,1-2H3. The van der Waals surface area contributed by atoms with Crippen LogP contribution in [0.15, 0.2) is 46.0 Å². The monoisotopic (exact) mass is 476 g/mol. The molecule has 1 fully saturated rings. The van der Waals surface area contributed by atoms with Gasteiger partial charge in [-0.1, -0.05) is 6.07 Å². The van der Waals surface area contributed by atoms with Crippen molar-refractivity contribution in [2.24, 2.45) is 0 Å². The molecule has 0 radical (unpaired) electrons. The largest absolute Gasteiger partial charge is 0.493 e. The number of halogens is 2. The van der Waals surface area contributed by atoms with Gasteiger partial charge in [-0.05, 0) is 48.7 Å². The van der Waals surface area contributed by atoms with Crippen molar-refractivity contribution >= 4 is 10.9 Å². The molecule has 0 unspecified atom stereocenters. The lowest BCUT2D eigenvalue weighted by atomic mass is 10.1. The Kier molecular flexibility index (Phi) is 7.16. The van der Waals surface area contributed by atoms with Gasteiger partial charge in [-0.15, -0.1) is 0 Å². The molecular formula is C24H26F2N2O6. The SMILES string of the molecule is COc1ccc(Cn2c(=O)c3cc(OCC(F)F)ccc3n(C3CCOCC3)c2=O)cc1OC. The summed E-state index contributed by atoms with van der Waals surface area (Å²) in [5, 5.41) is 0.221. The molecule has 0 atom stereocenters. The molecule has 0 aliphatic carbocycles. The van der Waals surface area contributed by atoms with Crippen LogP contribution in [0.5, 0.6) is 17.2 Å². The third kappa shape index (κ3) is 4.77. The zero-order chi connectivity index (χ0) is 24.2. The molecule has 0 spiro atoms. The molecule has 4 rings (SSSR count). The Morgan fingerprint density at radius 3 is 2.44 bits per heavy atom. The molecule has 2 aromatic carbocycles. The van der Waals surface area contributed by atoms with Crippen molar-refractivity contribution in [2.75, 3.05) is 34.0 Å². The highest BCUT2D eigenvalue weighted by Gasteiger charge is 2.23. The fourth-order valence-electron chi connectivity index (χ4n) is 4.21. The molecule has 1 aliphatic heterocycles. The summed E-state index contributed by atoms with van der Waals surface area (Å²) < 4.78 is 49.2. The number of ether oxygens (including phenoxy) is 4. The summed E-state index contributed by atoms with van der Waals surface area (Å²) in [4.78, 5) is 27.0. The molecule has 8 nitrogen and oxygen atoms in total. The van der Waals surface area contributed by atoms with Crippen molar-refractivity contribution in [3.8, 4) is 17.2 Å². The van der Waals surface area contributed by atoms with E-state index in [-0.39, 0.29) is 23.7 Å². The van der Waals surface area contributed by atoms with Gasteiger partial charge in [0.2, 0.25) is 0 Å². The Balaban J connectivity index is 1.86. The third-order valence-electron chi connectivity index (χ3n) is 5.86. The summed E-state index contributed by atoms with van der Waals surface area (Å²) in [6, 6.07) is 9.49. The first-order valence-electron chi connectivity index (χ1n) is 10.9. The van der Waals surface area contributed by atoms with Crippen LogP contribution in [0, 0.1) is 0 Å². The quantitative estimate of drug-likeness (QED) is 0.497. The summed E-state index contributed by atoms with van der Waals surface area (Å²) in [6.45, 7) is 0.218. The van der Waals surface area contributed by atoms with Gasteiger partial charge in [-0.2, -0.15) is 0 Å². The predicted molar refractivity (Wildman–Crippen MR) is 122 cm³/mol. The molecule has 1 aliphatic rings. The van der Waals surface area contributed by atoms with Crippen LogP contribution in [0.1, 0.15) is 24.4 Å². The van der Waals surface area contributed by atoms with Crippen LogP contribution in [-0.4, -0.2) is 49.6 Å². The van der Waals surface area contributed by atoms with E-state index in [1.807, 2.05) is 0 Å². The van der Waals surface area contributed by atoms with Gasteiger partial charge in [-0.3, -0.25) is 13.9 Å². The van der Waals surface area contributed by atoms with Crippen molar-refractivity contribution in [1.82, 2.24) is 9.13 Å². The Morgan fingerprint density at radius 2 is 1.76 bits per heavy atom. The van der Waals surface area contributed by atoms with E-state index in [4.69, 9.17) is 18.9 Å². The first-order chi connectivity index (χ1) is 16.4. The minimum Gasteiger partial charge on any atom is -0.493 e. The van der Waals surface area contributed by atoms with Crippen LogP contribution in [-0.2, 0) is 11.3 Å². The van der Waals surface area contributed by atoms with Gasteiger partial charge in [-0.25, -0.2) is 13.6 Å². The number of alkyl halides is 2. The summed E-state index contributed by atoms with van der Waals surface area (Å²) >= 11 is 0. The Labute approximate surface area is 194 Å². The van der Waals surface area contributed by atoms with E-state index in [1.54, 1.807) is 28.8 Å². The molecule has 3 aromatic rings. The molecule has 182 valence electrons. The third-order valence-corrected chi connectivity index (χ3v) is 5.86. The van der Waals surface area contributed by atoms with Crippen molar-refractivity contribution in [3.05, 3.63) is 62.8 Å². The molecule has 0 bridgehead atoms. The van der Waals surface area contributed by atoms with E-state index in [0.29, 0.717) is 48.6 Å². The predicted octanol–water partition coefficient (Wildman–Crippen LogP) is 3.22. The number of methoxy groups -OCH3 is 2. The lowest BCUT2D eigenvalue weighted by molar-refractivity contribution is 0.0691. The summed E-state index contributed by atoms with van der Waals surface area (Å²) in [5.41, 5.74) is 0.135. The number of hydrogen-bond acceptors (Lipinski definition) is 6. The number of aromatic nitrogens is 2. The van der Waals surface area contributed by atoms with Gasteiger partial charge in [0.1, 0.15) is 12.4 Å². The molecule has 34 heavy (non-hydrogen) atoms. The van der Waals surface area contributed by atoms with Crippen molar-refractivity contribution in [2.45, 2.75) is 31.9 Å². The summed E-state index contributed by atoms with van der Waals surface area (Å²) in [7, 11) is 3.02. The van der Waals surface area contributed by atoms with Gasteiger partial charge in [0.05, 0.1) is 31.7 Å². The van der Waals surface area contributed by atoms with Crippen molar-refractivity contribution in [1.29, 1.82) is 0 Å². The lowest BCUT2D eigenvalue weighted by Crippen LogP contribution is -2.42. The maximum absolute atomic E-state index is 13.6. The Bertz CT molecular complexity index is 1280. The van der Waals surface area contributed by atoms with Crippen LogP contribution in [0.4, 0.5) is 8.78 Å². The average Bonchev–Trinajstić information content (AvgIpc) is 2.86. The van der Waals surface area contributed by atoms with E-state index in [9.17, 15) is 18.4 Å². The van der Waals surface area contributed by atoms with Crippen LogP contribution in [0.25, 0.3) is 10.9 Å². The van der Waals surface area contributed by atoms with E-state index in [0.717, 1.165) is 4.57 Å². The van der Waals surface area contributed by atoms with Crippen molar-refractivity contribution in [3.63, 3.8) is 0 Å². The van der Waals surface area contributed by atoms with Gasteiger partial charge >= 0.3 is 5.69 Å². The zero-order valence-electron chi connectivity index (χ0n) is 19.0. The highest BCUT2D eigenvalue weighted by molar-refractivity contribution is 5.80. The lowest BCUT2D eigenvalue weighted by Gasteiger charge is -2.26. The fourth-order valence-corrected chi connectivity index (χ4v) is 4.21. The number of benzene rings is 2. The molecule has 2 heterocycles. The molecule has 0 amide bonds. The maximum atomic E-state index is 13.6. The van der Waals surface area contributed by atoms with Gasteiger partial charge in [0.15, 0.2) is 11.5 Å². The van der Waals surface area contributed by atoms with Gasteiger partial charge in [0.25, 0.3) is 12.0 Å². The normalized spacial score (nSPS) is 14.5. The van der Waals surface area contributed by atoms with Crippen LogP contribution >= 0.6 is 0 Å². The van der Waals surface area contributed by atoms with Crippen LogP contribution in [0.3, 0.4) is 0 Å². The van der Waals surface area contributed by atoms with Crippen LogP contribution < -0.4 is 25.5 Å². The van der Waals surface area contributed by atoms with Gasteiger partial charge < -0.3 is 18.9 Å². The smallest absolute Gasteiger partial charge is 0.332 e. The fraction of sp³-hybridized carbons (Fsp3) is 0.417. The second-order valence-electron chi connectivity index (χ2n) is 7.96. The second-order valence-corrected chi connectivity index (χ2v) is 7.96. The van der Waals surface area contributed by atoms with E-state index in [2.05, 4.69) is 0 Å². The van der Waals surface area contributed by atoms with E-state index >= 15 is 0 Å². The Hall–Kier alpha value is -3.40. The second kappa shape index (κ2) is 10.3. The number of hydrogen-bond donors (Lipinski definition) is 0. The van der Waals surface area contributed by atoms with Crippen LogP contribution in [0.2, 0.25) is 0 Å². The summed E-state index contributed by atoms with van der Waals surface area (Å²) in [5.74, 6) is 1.14. The highest BCUT2D eigenvalue weighted by atomic mass is 19.3.